The molecule has 0 atom stereocenters. The van der Waals surface area contributed by atoms with Crippen molar-refractivity contribution in [1.82, 2.24) is 0 Å². The molecule has 1 rings (SSSR count). The number of ether oxygens (including phenoxy) is 1. The third-order valence-electron chi connectivity index (χ3n) is 1.22. The fourth-order valence-electron chi connectivity index (χ4n) is 0.670. The summed E-state index contributed by atoms with van der Waals surface area (Å²) < 4.78 is 5.69. The standard InChI is InChI=1S/C5H8I2O/c6-5(7)1-3-8-4-2-5/h1-4H2. The highest BCUT2D eigenvalue weighted by Gasteiger charge is 2.24. The second-order valence-electron chi connectivity index (χ2n) is 1.97. The van der Waals surface area contributed by atoms with Crippen LogP contribution < -0.4 is 0 Å². The van der Waals surface area contributed by atoms with Crippen LogP contribution in [0, 0.1) is 0 Å². The molecule has 0 spiro atoms. The van der Waals surface area contributed by atoms with Crippen molar-refractivity contribution in [3.05, 3.63) is 0 Å². The van der Waals surface area contributed by atoms with E-state index in [-0.39, 0.29) is 0 Å². The summed E-state index contributed by atoms with van der Waals surface area (Å²) in [6.07, 6.45) is 2.41. The smallest absolute Gasteiger partial charge is 0.0778 e. The van der Waals surface area contributed by atoms with Crippen molar-refractivity contribution in [2.45, 2.75) is 14.3 Å². The highest BCUT2D eigenvalue weighted by molar-refractivity contribution is 14.2. The second-order valence-corrected chi connectivity index (χ2v) is 8.16. The lowest BCUT2D eigenvalue weighted by atomic mass is 10.2. The van der Waals surface area contributed by atoms with Gasteiger partial charge >= 0.3 is 0 Å². The Labute approximate surface area is 76.8 Å². The monoisotopic (exact) mass is 338 g/mol. The van der Waals surface area contributed by atoms with E-state index in [2.05, 4.69) is 45.2 Å². The van der Waals surface area contributed by atoms with Crippen LogP contribution in [0.15, 0.2) is 0 Å². The average molecular weight is 338 g/mol. The van der Waals surface area contributed by atoms with E-state index < -0.39 is 0 Å². The van der Waals surface area contributed by atoms with Gasteiger partial charge in [-0.05, 0) is 12.8 Å². The molecule has 1 nitrogen and oxygen atoms in total. The van der Waals surface area contributed by atoms with Gasteiger partial charge in [0, 0.05) is 13.2 Å². The molecule has 48 valence electrons. The summed E-state index contributed by atoms with van der Waals surface area (Å²) in [4.78, 5) is 0. The van der Waals surface area contributed by atoms with Gasteiger partial charge in [0.1, 0.15) is 0 Å². The van der Waals surface area contributed by atoms with E-state index in [0.29, 0.717) is 1.43 Å². The van der Waals surface area contributed by atoms with Gasteiger partial charge in [-0.2, -0.15) is 0 Å². The van der Waals surface area contributed by atoms with Crippen LogP contribution in [0.5, 0.6) is 0 Å². The normalized spacial score (nSPS) is 27.8. The largest absolute Gasteiger partial charge is 0.381 e. The maximum absolute atomic E-state index is 5.20. The second kappa shape index (κ2) is 3.01. The van der Waals surface area contributed by atoms with Gasteiger partial charge in [-0.3, -0.25) is 0 Å². The predicted octanol–water partition coefficient (Wildman–Crippen LogP) is 2.36. The number of rotatable bonds is 0. The average Bonchev–Trinajstić information content (AvgIpc) is 1.65. The highest BCUT2D eigenvalue weighted by Crippen LogP contribution is 2.37. The number of halogens is 2. The minimum atomic E-state index is 0.494. The maximum Gasteiger partial charge on any atom is 0.0778 e. The lowest BCUT2D eigenvalue weighted by Crippen LogP contribution is -2.22. The fourth-order valence-corrected chi connectivity index (χ4v) is 1.55. The first-order valence-corrected chi connectivity index (χ1v) is 4.82. The van der Waals surface area contributed by atoms with Gasteiger partial charge < -0.3 is 4.74 Å². The molecule has 0 N–H and O–H groups in total. The van der Waals surface area contributed by atoms with E-state index in [1.807, 2.05) is 0 Å². The Morgan fingerprint density at radius 1 is 1.12 bits per heavy atom. The Kier molecular flexibility index (Phi) is 2.83. The van der Waals surface area contributed by atoms with Crippen molar-refractivity contribution in [2.75, 3.05) is 13.2 Å². The van der Waals surface area contributed by atoms with Crippen LogP contribution in [0.1, 0.15) is 12.8 Å². The molecule has 8 heavy (non-hydrogen) atoms. The summed E-state index contributed by atoms with van der Waals surface area (Å²) in [7, 11) is 0. The quantitative estimate of drug-likeness (QED) is 0.487. The van der Waals surface area contributed by atoms with Crippen LogP contribution in [-0.4, -0.2) is 14.6 Å². The summed E-state index contributed by atoms with van der Waals surface area (Å²) in [6.45, 7) is 1.90. The molecule has 0 unspecified atom stereocenters. The molecule has 0 aromatic rings. The van der Waals surface area contributed by atoms with Crippen LogP contribution >= 0.6 is 45.2 Å². The molecular formula is C5H8I2O. The van der Waals surface area contributed by atoms with Gasteiger partial charge in [-0.25, -0.2) is 0 Å². The molecule has 0 saturated carbocycles. The van der Waals surface area contributed by atoms with Gasteiger partial charge in [0.25, 0.3) is 0 Å². The van der Waals surface area contributed by atoms with Crippen molar-refractivity contribution in [2.24, 2.45) is 0 Å². The summed E-state index contributed by atoms with van der Waals surface area (Å²) in [5.74, 6) is 0. The minimum absolute atomic E-state index is 0.494. The molecule has 1 aliphatic rings. The molecule has 0 amide bonds. The van der Waals surface area contributed by atoms with Gasteiger partial charge in [0.15, 0.2) is 0 Å². The number of hydrogen-bond donors (Lipinski definition) is 0. The van der Waals surface area contributed by atoms with Gasteiger partial charge in [0.05, 0.1) is 1.43 Å². The van der Waals surface area contributed by atoms with E-state index in [9.17, 15) is 0 Å². The number of hydrogen-bond acceptors (Lipinski definition) is 1. The Bertz CT molecular complexity index is 74.5. The first-order valence-electron chi connectivity index (χ1n) is 2.66. The zero-order chi connectivity index (χ0) is 6.04. The van der Waals surface area contributed by atoms with Crippen molar-refractivity contribution >= 4 is 45.2 Å². The lowest BCUT2D eigenvalue weighted by Gasteiger charge is -2.24. The zero-order valence-corrected chi connectivity index (χ0v) is 8.81. The summed E-state index contributed by atoms with van der Waals surface area (Å²) in [5.41, 5.74) is 0. The lowest BCUT2D eigenvalue weighted by molar-refractivity contribution is 0.1000. The summed E-state index contributed by atoms with van der Waals surface area (Å²) in [5, 5.41) is 0. The first kappa shape index (κ1) is 7.53. The molecule has 0 aliphatic carbocycles. The minimum Gasteiger partial charge on any atom is -0.381 e. The van der Waals surface area contributed by atoms with E-state index in [1.54, 1.807) is 0 Å². The molecule has 1 fully saturated rings. The van der Waals surface area contributed by atoms with Crippen molar-refractivity contribution in [3.8, 4) is 0 Å². The fraction of sp³-hybridized carbons (Fsp3) is 1.00. The van der Waals surface area contributed by atoms with Crippen LogP contribution in [0.25, 0.3) is 0 Å². The maximum atomic E-state index is 5.20. The van der Waals surface area contributed by atoms with Crippen LogP contribution in [0.4, 0.5) is 0 Å². The third kappa shape index (κ3) is 2.34. The molecule has 0 radical (unpaired) electrons. The Balaban J connectivity index is 2.33. The van der Waals surface area contributed by atoms with Gasteiger partial charge in [-0.1, -0.05) is 45.2 Å². The van der Waals surface area contributed by atoms with E-state index in [1.165, 1.54) is 12.8 Å². The van der Waals surface area contributed by atoms with Crippen molar-refractivity contribution < 1.29 is 4.74 Å². The number of alkyl halides is 2. The summed E-state index contributed by atoms with van der Waals surface area (Å²) in [6, 6.07) is 0. The van der Waals surface area contributed by atoms with E-state index in [0.717, 1.165) is 13.2 Å². The third-order valence-corrected chi connectivity index (χ3v) is 3.38. The Morgan fingerprint density at radius 2 is 1.62 bits per heavy atom. The SMILES string of the molecule is IC1(I)CCOCC1. The van der Waals surface area contributed by atoms with Crippen LogP contribution in [-0.2, 0) is 4.74 Å². The Hall–Kier alpha value is 1.42. The van der Waals surface area contributed by atoms with Crippen LogP contribution in [0.3, 0.4) is 0 Å². The van der Waals surface area contributed by atoms with Crippen LogP contribution in [0.2, 0.25) is 0 Å². The molecule has 1 saturated heterocycles. The molecule has 0 aromatic carbocycles. The van der Waals surface area contributed by atoms with Crippen molar-refractivity contribution in [1.29, 1.82) is 0 Å². The molecule has 1 heterocycles. The molecule has 3 heteroatoms. The Morgan fingerprint density at radius 3 is 1.88 bits per heavy atom. The van der Waals surface area contributed by atoms with Crippen molar-refractivity contribution in [3.63, 3.8) is 0 Å². The molecular weight excluding hydrogens is 330 g/mol. The van der Waals surface area contributed by atoms with Gasteiger partial charge in [0.2, 0.25) is 0 Å². The first-order chi connectivity index (χ1) is 3.71. The molecule has 0 aromatic heterocycles. The highest BCUT2D eigenvalue weighted by atomic mass is 127. The summed E-state index contributed by atoms with van der Waals surface area (Å²) >= 11 is 5.00. The van der Waals surface area contributed by atoms with Gasteiger partial charge in [-0.15, -0.1) is 0 Å². The molecule has 1 aliphatic heterocycles. The topological polar surface area (TPSA) is 9.23 Å². The van der Waals surface area contributed by atoms with E-state index >= 15 is 0 Å². The zero-order valence-electron chi connectivity index (χ0n) is 4.49. The molecule has 0 bridgehead atoms. The van der Waals surface area contributed by atoms with E-state index in [4.69, 9.17) is 4.74 Å². The predicted molar refractivity (Wildman–Crippen MR) is 50.8 cm³/mol.